The van der Waals surface area contributed by atoms with Crippen LogP contribution in [0.2, 0.25) is 0 Å². The first-order chi connectivity index (χ1) is 9.01. The van der Waals surface area contributed by atoms with Crippen molar-refractivity contribution in [2.75, 3.05) is 20.3 Å². The summed E-state index contributed by atoms with van der Waals surface area (Å²) in [6.07, 6.45) is 0.863. The van der Waals surface area contributed by atoms with Crippen LogP contribution in [0.4, 0.5) is 0 Å². The molecule has 4 heteroatoms. The van der Waals surface area contributed by atoms with Gasteiger partial charge in [0.25, 0.3) is 5.91 Å². The number of aromatic hydroxyl groups is 1. The molecule has 1 amide bonds. The SMILES string of the molecule is CCC(C)N(CCOC)C(=O)c1cc(C)ccc1O. The Labute approximate surface area is 115 Å². The van der Waals surface area contributed by atoms with Gasteiger partial charge in [0, 0.05) is 19.7 Å². The lowest BCUT2D eigenvalue weighted by atomic mass is 10.1. The molecule has 1 N–H and O–H groups in total. The Morgan fingerprint density at radius 3 is 2.74 bits per heavy atom. The quantitative estimate of drug-likeness (QED) is 0.860. The minimum Gasteiger partial charge on any atom is -0.507 e. The number of carbonyl (C=O) groups excluding carboxylic acids is 1. The summed E-state index contributed by atoms with van der Waals surface area (Å²) < 4.78 is 5.05. The molecule has 0 aliphatic heterocycles. The van der Waals surface area contributed by atoms with E-state index in [-0.39, 0.29) is 17.7 Å². The average Bonchev–Trinajstić information content (AvgIpc) is 2.41. The van der Waals surface area contributed by atoms with Gasteiger partial charge in [-0.15, -0.1) is 0 Å². The molecule has 0 bridgehead atoms. The number of aryl methyl sites for hydroxylation is 1. The molecule has 19 heavy (non-hydrogen) atoms. The predicted octanol–water partition coefficient (Wildman–Crippen LogP) is 2.59. The number of rotatable bonds is 6. The van der Waals surface area contributed by atoms with Crippen molar-refractivity contribution in [2.24, 2.45) is 0 Å². The number of nitrogens with zero attached hydrogens (tertiary/aromatic N) is 1. The highest BCUT2D eigenvalue weighted by molar-refractivity contribution is 5.97. The number of methoxy groups -OCH3 is 1. The molecule has 0 saturated heterocycles. The van der Waals surface area contributed by atoms with E-state index in [2.05, 4.69) is 0 Å². The van der Waals surface area contributed by atoms with E-state index < -0.39 is 0 Å². The van der Waals surface area contributed by atoms with Gasteiger partial charge in [-0.1, -0.05) is 18.6 Å². The molecule has 106 valence electrons. The van der Waals surface area contributed by atoms with Crippen molar-refractivity contribution in [1.82, 2.24) is 4.90 Å². The maximum atomic E-state index is 12.5. The minimum atomic E-state index is -0.146. The zero-order valence-corrected chi connectivity index (χ0v) is 12.1. The fourth-order valence-corrected chi connectivity index (χ4v) is 1.91. The lowest BCUT2D eigenvalue weighted by Crippen LogP contribution is -2.40. The topological polar surface area (TPSA) is 49.8 Å². The van der Waals surface area contributed by atoms with Crippen LogP contribution in [-0.2, 0) is 4.74 Å². The zero-order chi connectivity index (χ0) is 14.4. The largest absolute Gasteiger partial charge is 0.507 e. The van der Waals surface area contributed by atoms with Gasteiger partial charge < -0.3 is 14.7 Å². The molecule has 0 aliphatic rings. The Morgan fingerprint density at radius 2 is 2.16 bits per heavy atom. The van der Waals surface area contributed by atoms with Gasteiger partial charge in [0.15, 0.2) is 0 Å². The average molecular weight is 265 g/mol. The highest BCUT2D eigenvalue weighted by Crippen LogP contribution is 2.21. The molecule has 1 aromatic carbocycles. The number of phenols is 1. The van der Waals surface area contributed by atoms with Crippen LogP contribution in [0.25, 0.3) is 0 Å². The van der Waals surface area contributed by atoms with Crippen LogP contribution < -0.4 is 0 Å². The normalized spacial score (nSPS) is 12.2. The lowest BCUT2D eigenvalue weighted by molar-refractivity contribution is 0.0611. The van der Waals surface area contributed by atoms with Gasteiger partial charge in [0.1, 0.15) is 5.75 Å². The van der Waals surface area contributed by atoms with Crippen LogP contribution in [-0.4, -0.2) is 42.2 Å². The third kappa shape index (κ3) is 3.96. The number of phenolic OH excluding ortho intramolecular Hbond substituents is 1. The third-order valence-corrected chi connectivity index (χ3v) is 3.30. The van der Waals surface area contributed by atoms with Gasteiger partial charge in [-0.05, 0) is 32.4 Å². The molecule has 0 fully saturated rings. The highest BCUT2D eigenvalue weighted by atomic mass is 16.5. The van der Waals surface area contributed by atoms with E-state index in [1.165, 1.54) is 0 Å². The van der Waals surface area contributed by atoms with Crippen molar-refractivity contribution >= 4 is 5.91 Å². The summed E-state index contributed by atoms with van der Waals surface area (Å²) in [4.78, 5) is 14.3. The maximum Gasteiger partial charge on any atom is 0.257 e. The van der Waals surface area contributed by atoms with E-state index in [0.717, 1.165) is 12.0 Å². The number of hydrogen-bond acceptors (Lipinski definition) is 3. The smallest absolute Gasteiger partial charge is 0.257 e. The van der Waals surface area contributed by atoms with E-state index in [1.807, 2.05) is 20.8 Å². The Bertz CT molecular complexity index is 431. The Hall–Kier alpha value is -1.55. The van der Waals surface area contributed by atoms with Crippen LogP contribution in [0.3, 0.4) is 0 Å². The van der Waals surface area contributed by atoms with E-state index in [0.29, 0.717) is 18.7 Å². The van der Waals surface area contributed by atoms with Crippen molar-refractivity contribution in [3.05, 3.63) is 29.3 Å². The molecule has 1 atom stereocenters. The molecule has 0 saturated carbocycles. The molecular formula is C15H23NO3. The van der Waals surface area contributed by atoms with Gasteiger partial charge >= 0.3 is 0 Å². The van der Waals surface area contributed by atoms with Crippen molar-refractivity contribution < 1.29 is 14.6 Å². The Kier molecular flexibility index (Phi) is 5.83. The van der Waals surface area contributed by atoms with E-state index in [4.69, 9.17) is 4.74 Å². The zero-order valence-electron chi connectivity index (χ0n) is 12.1. The molecule has 1 aromatic rings. The van der Waals surface area contributed by atoms with Crippen LogP contribution >= 0.6 is 0 Å². The van der Waals surface area contributed by atoms with E-state index in [9.17, 15) is 9.90 Å². The van der Waals surface area contributed by atoms with Gasteiger partial charge in [-0.2, -0.15) is 0 Å². The molecule has 1 unspecified atom stereocenters. The van der Waals surface area contributed by atoms with Gasteiger partial charge in [-0.25, -0.2) is 0 Å². The molecule has 4 nitrogen and oxygen atoms in total. The van der Waals surface area contributed by atoms with Crippen molar-refractivity contribution in [2.45, 2.75) is 33.2 Å². The molecule has 0 heterocycles. The van der Waals surface area contributed by atoms with Gasteiger partial charge in [0.2, 0.25) is 0 Å². The van der Waals surface area contributed by atoms with Gasteiger partial charge in [-0.3, -0.25) is 4.79 Å². The van der Waals surface area contributed by atoms with E-state index in [1.54, 1.807) is 30.2 Å². The van der Waals surface area contributed by atoms with Crippen LogP contribution in [0.5, 0.6) is 5.75 Å². The maximum absolute atomic E-state index is 12.5. The third-order valence-electron chi connectivity index (χ3n) is 3.30. The number of carbonyl (C=O) groups is 1. The summed E-state index contributed by atoms with van der Waals surface area (Å²) in [5, 5.41) is 9.86. The first-order valence-corrected chi connectivity index (χ1v) is 6.60. The lowest BCUT2D eigenvalue weighted by Gasteiger charge is -2.28. The summed E-state index contributed by atoms with van der Waals surface area (Å²) in [5.41, 5.74) is 1.31. The van der Waals surface area contributed by atoms with Crippen LogP contribution in [0.1, 0.15) is 36.2 Å². The highest BCUT2D eigenvalue weighted by Gasteiger charge is 2.22. The second-order valence-electron chi connectivity index (χ2n) is 4.77. The first-order valence-electron chi connectivity index (χ1n) is 6.60. The fraction of sp³-hybridized carbons (Fsp3) is 0.533. The molecule has 0 spiro atoms. The minimum absolute atomic E-state index is 0.0290. The summed E-state index contributed by atoms with van der Waals surface area (Å²) in [7, 11) is 1.61. The first kappa shape index (κ1) is 15.5. The second-order valence-corrected chi connectivity index (χ2v) is 4.77. The number of ether oxygens (including phenoxy) is 1. The van der Waals surface area contributed by atoms with Crippen molar-refractivity contribution in [3.63, 3.8) is 0 Å². The molecule has 0 radical (unpaired) electrons. The van der Waals surface area contributed by atoms with Crippen molar-refractivity contribution in [3.8, 4) is 5.75 Å². The monoisotopic (exact) mass is 265 g/mol. The summed E-state index contributed by atoms with van der Waals surface area (Å²) in [5.74, 6) is -0.117. The number of amides is 1. The van der Waals surface area contributed by atoms with Gasteiger partial charge in [0.05, 0.1) is 12.2 Å². The van der Waals surface area contributed by atoms with E-state index >= 15 is 0 Å². The molecule has 0 aromatic heterocycles. The van der Waals surface area contributed by atoms with Crippen LogP contribution in [0, 0.1) is 6.92 Å². The second kappa shape index (κ2) is 7.14. The van der Waals surface area contributed by atoms with Crippen molar-refractivity contribution in [1.29, 1.82) is 0 Å². The Balaban J connectivity index is 3.00. The molecular weight excluding hydrogens is 242 g/mol. The predicted molar refractivity (Wildman–Crippen MR) is 75.5 cm³/mol. The Morgan fingerprint density at radius 1 is 1.47 bits per heavy atom. The molecule has 0 aliphatic carbocycles. The number of benzene rings is 1. The number of hydrogen-bond donors (Lipinski definition) is 1. The standard InChI is InChI=1S/C15H23NO3/c1-5-12(3)16(8-9-19-4)15(18)13-10-11(2)6-7-14(13)17/h6-7,10,12,17H,5,8-9H2,1-4H3. The fourth-order valence-electron chi connectivity index (χ4n) is 1.91. The molecule has 1 rings (SSSR count). The summed E-state index contributed by atoms with van der Waals surface area (Å²) >= 11 is 0. The van der Waals surface area contributed by atoms with Crippen LogP contribution in [0.15, 0.2) is 18.2 Å². The summed E-state index contributed by atoms with van der Waals surface area (Å²) in [6.45, 7) is 6.95. The summed E-state index contributed by atoms with van der Waals surface area (Å²) in [6, 6.07) is 5.19.